The molecular weight excluding hydrogens is 241 g/mol. The summed E-state index contributed by atoms with van der Waals surface area (Å²) in [5.74, 6) is 0. The third-order valence-electron chi connectivity index (χ3n) is 3.25. The summed E-state index contributed by atoms with van der Waals surface area (Å²) in [7, 11) is 0. The van der Waals surface area contributed by atoms with Crippen LogP contribution in [0.4, 0.5) is 18.9 Å². The highest BCUT2D eigenvalue weighted by Gasteiger charge is 2.41. The number of nitrogens with zero attached hydrogens (tertiary/aromatic N) is 1. The molecule has 0 aliphatic carbocycles. The zero-order valence-corrected chi connectivity index (χ0v) is 10.3. The smallest absolute Gasteiger partial charge is 0.368 e. The first kappa shape index (κ1) is 13.2. The Kier molecular flexibility index (Phi) is 3.80. The summed E-state index contributed by atoms with van der Waals surface area (Å²) in [6.45, 7) is 2.99. The standard InChI is InChI=1S/C13H17F3N2/c1-2-10-4-3-5-11(8-10)18-7-6-17-12(9-18)13(14,15)16/h3-5,8,12,17H,2,6-7,9H2,1H3. The van der Waals surface area contributed by atoms with E-state index in [9.17, 15) is 13.2 Å². The van der Waals surface area contributed by atoms with Gasteiger partial charge < -0.3 is 10.2 Å². The Bertz CT molecular complexity index is 403. The average molecular weight is 258 g/mol. The van der Waals surface area contributed by atoms with Crippen molar-refractivity contribution in [2.24, 2.45) is 0 Å². The molecular formula is C13H17F3N2. The predicted molar refractivity (Wildman–Crippen MR) is 65.9 cm³/mol. The van der Waals surface area contributed by atoms with Crippen LogP contribution >= 0.6 is 0 Å². The molecule has 18 heavy (non-hydrogen) atoms. The number of benzene rings is 1. The zero-order chi connectivity index (χ0) is 13.2. The van der Waals surface area contributed by atoms with E-state index in [1.807, 2.05) is 31.2 Å². The molecule has 1 aliphatic heterocycles. The number of halogens is 3. The minimum atomic E-state index is -4.18. The Labute approximate surface area is 105 Å². The van der Waals surface area contributed by atoms with Gasteiger partial charge in [-0.25, -0.2) is 0 Å². The predicted octanol–water partition coefficient (Wildman–Crippen LogP) is 2.59. The maximum Gasteiger partial charge on any atom is 0.405 e. The van der Waals surface area contributed by atoms with Gasteiger partial charge in [-0.3, -0.25) is 0 Å². The molecule has 2 rings (SSSR count). The van der Waals surface area contributed by atoms with Crippen molar-refractivity contribution in [3.8, 4) is 0 Å². The second kappa shape index (κ2) is 5.18. The SMILES string of the molecule is CCc1cccc(N2CCNC(C(F)(F)F)C2)c1. The van der Waals surface area contributed by atoms with E-state index in [4.69, 9.17) is 0 Å². The lowest BCUT2D eigenvalue weighted by atomic mass is 10.1. The Balaban J connectivity index is 2.13. The molecule has 1 aliphatic rings. The van der Waals surface area contributed by atoms with Crippen molar-refractivity contribution in [2.75, 3.05) is 24.5 Å². The third kappa shape index (κ3) is 2.96. The molecule has 1 unspecified atom stereocenters. The van der Waals surface area contributed by atoms with E-state index in [1.54, 1.807) is 4.90 Å². The van der Waals surface area contributed by atoms with Crippen LogP contribution in [0.1, 0.15) is 12.5 Å². The van der Waals surface area contributed by atoms with Gasteiger partial charge in [0.25, 0.3) is 0 Å². The van der Waals surface area contributed by atoms with Gasteiger partial charge in [-0.1, -0.05) is 19.1 Å². The van der Waals surface area contributed by atoms with E-state index < -0.39 is 12.2 Å². The topological polar surface area (TPSA) is 15.3 Å². The first-order valence-corrected chi connectivity index (χ1v) is 6.14. The van der Waals surface area contributed by atoms with Crippen molar-refractivity contribution in [3.63, 3.8) is 0 Å². The van der Waals surface area contributed by atoms with Crippen LogP contribution in [0, 0.1) is 0 Å². The molecule has 0 aromatic heterocycles. The molecule has 0 radical (unpaired) electrons. The van der Waals surface area contributed by atoms with Gasteiger partial charge in [-0.05, 0) is 24.1 Å². The van der Waals surface area contributed by atoms with Gasteiger partial charge in [0, 0.05) is 25.3 Å². The number of rotatable bonds is 2. The number of aryl methyl sites for hydroxylation is 1. The van der Waals surface area contributed by atoms with Gasteiger partial charge in [-0.15, -0.1) is 0 Å². The summed E-state index contributed by atoms with van der Waals surface area (Å²) in [5, 5.41) is 2.52. The molecule has 100 valence electrons. The number of piperazine rings is 1. The fraction of sp³-hybridized carbons (Fsp3) is 0.538. The molecule has 5 heteroatoms. The number of hydrogen-bond donors (Lipinski definition) is 1. The number of hydrogen-bond acceptors (Lipinski definition) is 2. The molecule has 0 bridgehead atoms. The zero-order valence-electron chi connectivity index (χ0n) is 10.3. The van der Waals surface area contributed by atoms with Crippen LogP contribution in [-0.4, -0.2) is 31.9 Å². The minimum Gasteiger partial charge on any atom is -0.368 e. The average Bonchev–Trinajstić information content (AvgIpc) is 2.38. The lowest BCUT2D eigenvalue weighted by Crippen LogP contribution is -2.57. The van der Waals surface area contributed by atoms with Crippen LogP contribution in [0.3, 0.4) is 0 Å². The largest absolute Gasteiger partial charge is 0.405 e. The quantitative estimate of drug-likeness (QED) is 0.877. The molecule has 0 saturated carbocycles. The van der Waals surface area contributed by atoms with Crippen molar-refractivity contribution in [2.45, 2.75) is 25.6 Å². The normalized spacial score (nSPS) is 21.1. The van der Waals surface area contributed by atoms with Crippen LogP contribution in [0.15, 0.2) is 24.3 Å². The van der Waals surface area contributed by atoms with Crippen molar-refractivity contribution < 1.29 is 13.2 Å². The van der Waals surface area contributed by atoms with Gasteiger partial charge in [0.2, 0.25) is 0 Å². The monoisotopic (exact) mass is 258 g/mol. The first-order valence-electron chi connectivity index (χ1n) is 6.14. The highest BCUT2D eigenvalue weighted by molar-refractivity contribution is 5.49. The van der Waals surface area contributed by atoms with E-state index >= 15 is 0 Å². The molecule has 1 atom stereocenters. The Morgan fingerprint density at radius 2 is 2.17 bits per heavy atom. The molecule has 1 aromatic carbocycles. The van der Waals surface area contributed by atoms with Crippen LogP contribution in [0.2, 0.25) is 0 Å². The molecule has 0 spiro atoms. The van der Waals surface area contributed by atoms with Gasteiger partial charge in [-0.2, -0.15) is 13.2 Å². The maximum atomic E-state index is 12.7. The number of nitrogens with one attached hydrogen (secondary N) is 1. The molecule has 1 aromatic rings. The van der Waals surface area contributed by atoms with Crippen molar-refractivity contribution >= 4 is 5.69 Å². The van der Waals surface area contributed by atoms with Gasteiger partial charge in [0.1, 0.15) is 6.04 Å². The summed E-state index contributed by atoms with van der Waals surface area (Å²) in [6.07, 6.45) is -3.29. The van der Waals surface area contributed by atoms with Gasteiger partial charge >= 0.3 is 6.18 Å². The van der Waals surface area contributed by atoms with Gasteiger partial charge in [0.15, 0.2) is 0 Å². The lowest BCUT2D eigenvalue weighted by Gasteiger charge is -2.36. The second-order valence-corrected chi connectivity index (χ2v) is 4.52. The van der Waals surface area contributed by atoms with E-state index in [0.717, 1.165) is 17.7 Å². The number of alkyl halides is 3. The molecule has 2 nitrogen and oxygen atoms in total. The Morgan fingerprint density at radius 1 is 1.39 bits per heavy atom. The highest BCUT2D eigenvalue weighted by atomic mass is 19.4. The molecule has 1 heterocycles. The molecule has 1 saturated heterocycles. The third-order valence-corrected chi connectivity index (χ3v) is 3.25. The summed E-state index contributed by atoms with van der Waals surface area (Å²) in [4.78, 5) is 1.80. The lowest BCUT2D eigenvalue weighted by molar-refractivity contribution is -0.155. The highest BCUT2D eigenvalue weighted by Crippen LogP contribution is 2.25. The second-order valence-electron chi connectivity index (χ2n) is 4.52. The fourth-order valence-electron chi connectivity index (χ4n) is 2.18. The van der Waals surface area contributed by atoms with Crippen LogP contribution < -0.4 is 10.2 Å². The first-order chi connectivity index (χ1) is 8.50. The number of anilines is 1. The van der Waals surface area contributed by atoms with Gasteiger partial charge in [0.05, 0.1) is 0 Å². The van der Waals surface area contributed by atoms with Crippen molar-refractivity contribution in [1.29, 1.82) is 0 Å². The van der Waals surface area contributed by atoms with Crippen LogP contribution in [0.5, 0.6) is 0 Å². The minimum absolute atomic E-state index is 0.0172. The fourth-order valence-corrected chi connectivity index (χ4v) is 2.18. The molecule has 0 amide bonds. The van der Waals surface area contributed by atoms with E-state index in [1.165, 1.54) is 0 Å². The van der Waals surface area contributed by atoms with Crippen molar-refractivity contribution in [3.05, 3.63) is 29.8 Å². The van der Waals surface area contributed by atoms with Crippen molar-refractivity contribution in [1.82, 2.24) is 5.32 Å². The molecule has 1 fully saturated rings. The molecule has 1 N–H and O–H groups in total. The summed E-state index contributed by atoms with van der Waals surface area (Å²) in [6, 6.07) is 6.30. The Morgan fingerprint density at radius 3 is 2.83 bits per heavy atom. The summed E-state index contributed by atoms with van der Waals surface area (Å²) >= 11 is 0. The summed E-state index contributed by atoms with van der Waals surface area (Å²) < 4.78 is 38.1. The summed E-state index contributed by atoms with van der Waals surface area (Å²) in [5.41, 5.74) is 2.03. The maximum absolute atomic E-state index is 12.7. The van der Waals surface area contributed by atoms with Crippen LogP contribution in [0.25, 0.3) is 0 Å². The van der Waals surface area contributed by atoms with E-state index in [0.29, 0.717) is 13.1 Å². The van der Waals surface area contributed by atoms with Crippen LogP contribution in [-0.2, 0) is 6.42 Å². The van der Waals surface area contributed by atoms with E-state index in [2.05, 4.69) is 5.32 Å². The van der Waals surface area contributed by atoms with E-state index in [-0.39, 0.29) is 6.54 Å². The Hall–Kier alpha value is -1.23.